The Morgan fingerprint density at radius 3 is 2.84 bits per heavy atom. The average Bonchev–Trinajstić information content (AvgIpc) is 3.01. The first-order chi connectivity index (χ1) is 11.9. The lowest BCUT2D eigenvalue weighted by Gasteiger charge is -2.21. The molecule has 0 bridgehead atoms. The summed E-state index contributed by atoms with van der Waals surface area (Å²) in [6.07, 6.45) is 3.88. The van der Waals surface area contributed by atoms with Crippen molar-refractivity contribution in [3.05, 3.63) is 63.8 Å². The molecule has 0 saturated heterocycles. The van der Waals surface area contributed by atoms with Crippen LogP contribution < -0.4 is 9.86 Å². The van der Waals surface area contributed by atoms with Crippen LogP contribution in [0, 0.1) is 13.8 Å². The Balaban J connectivity index is 1.98. The van der Waals surface area contributed by atoms with Crippen LogP contribution in [0.15, 0.2) is 46.3 Å². The third-order valence-corrected chi connectivity index (χ3v) is 6.41. The van der Waals surface area contributed by atoms with Crippen LogP contribution in [0.3, 0.4) is 0 Å². The van der Waals surface area contributed by atoms with Crippen LogP contribution >= 0.6 is 0 Å². The van der Waals surface area contributed by atoms with E-state index in [-0.39, 0.29) is 10.5 Å². The molecule has 0 saturated carbocycles. The largest absolute Gasteiger partial charge is 0.328 e. The Bertz CT molecular complexity index is 1170. The van der Waals surface area contributed by atoms with Crippen molar-refractivity contribution in [1.29, 1.82) is 0 Å². The van der Waals surface area contributed by atoms with Crippen molar-refractivity contribution in [3.63, 3.8) is 0 Å². The minimum atomic E-state index is -3.79. The standard InChI is InChI=1S/C18H17N3O3S/c1-11-8-15-14(19-9-11)6-7-21(15)25(23,24)16-5-3-4-13-17(16)12(2)10-20-18(13)22/h3-5,8-10H,6-7H2,1-2H3,(H,20,22). The lowest BCUT2D eigenvalue weighted by Crippen LogP contribution is -2.29. The fourth-order valence-electron chi connectivity index (χ4n) is 3.35. The smallest absolute Gasteiger partial charge is 0.265 e. The second-order valence-electron chi connectivity index (χ2n) is 6.29. The highest BCUT2D eigenvalue weighted by Gasteiger charge is 2.33. The Hall–Kier alpha value is -2.67. The number of nitrogens with one attached hydrogen (secondary N) is 1. The second kappa shape index (κ2) is 5.42. The van der Waals surface area contributed by atoms with E-state index in [0.717, 1.165) is 16.8 Å². The molecule has 1 aromatic carbocycles. The summed E-state index contributed by atoms with van der Waals surface area (Å²) < 4.78 is 28.1. The van der Waals surface area contributed by atoms with Gasteiger partial charge in [-0.3, -0.25) is 14.1 Å². The monoisotopic (exact) mass is 355 g/mol. The number of anilines is 1. The number of aromatic nitrogens is 2. The number of aromatic amines is 1. The van der Waals surface area contributed by atoms with Crippen molar-refractivity contribution in [1.82, 2.24) is 9.97 Å². The number of sulfonamides is 1. The Labute approximate surface area is 145 Å². The Morgan fingerprint density at radius 2 is 2.04 bits per heavy atom. The average molecular weight is 355 g/mol. The fraction of sp³-hybridized carbons (Fsp3) is 0.222. The summed E-state index contributed by atoms with van der Waals surface area (Å²) in [6, 6.07) is 6.65. The maximum absolute atomic E-state index is 13.4. The summed E-state index contributed by atoms with van der Waals surface area (Å²) in [5.41, 5.74) is 2.74. The van der Waals surface area contributed by atoms with Crippen LogP contribution in [0.4, 0.5) is 5.69 Å². The summed E-state index contributed by atoms with van der Waals surface area (Å²) in [6.45, 7) is 4.03. The van der Waals surface area contributed by atoms with Crippen molar-refractivity contribution < 1.29 is 8.42 Å². The van der Waals surface area contributed by atoms with Crippen LogP contribution in [-0.4, -0.2) is 24.9 Å². The summed E-state index contributed by atoms with van der Waals surface area (Å²) in [5, 5.41) is 0.850. The summed E-state index contributed by atoms with van der Waals surface area (Å²) >= 11 is 0. The zero-order valence-electron chi connectivity index (χ0n) is 13.9. The number of H-pyrrole nitrogens is 1. The highest BCUT2D eigenvalue weighted by Crippen LogP contribution is 2.34. The highest BCUT2D eigenvalue weighted by atomic mass is 32.2. The third-order valence-electron chi connectivity index (χ3n) is 4.56. The molecule has 6 nitrogen and oxygen atoms in total. The molecule has 1 aliphatic rings. The maximum Gasteiger partial charge on any atom is 0.265 e. The van der Waals surface area contributed by atoms with E-state index in [1.165, 1.54) is 4.31 Å². The van der Waals surface area contributed by atoms with Gasteiger partial charge in [0, 0.05) is 36.1 Å². The normalized spacial score (nSPS) is 14.1. The van der Waals surface area contributed by atoms with Gasteiger partial charge in [-0.05, 0) is 43.2 Å². The van der Waals surface area contributed by atoms with E-state index in [2.05, 4.69) is 9.97 Å². The predicted octanol–water partition coefficient (Wildman–Crippen LogP) is 2.29. The molecule has 0 amide bonds. The Kier molecular flexibility index (Phi) is 3.43. The molecule has 0 unspecified atom stereocenters. The van der Waals surface area contributed by atoms with E-state index in [4.69, 9.17) is 0 Å². The zero-order chi connectivity index (χ0) is 17.8. The SMILES string of the molecule is Cc1cnc2c(c1)N(S(=O)(=O)c1cccc3c(=O)[nH]cc(C)c13)CC2. The number of rotatable bonds is 2. The first-order valence-electron chi connectivity index (χ1n) is 7.99. The minimum absolute atomic E-state index is 0.156. The van der Waals surface area contributed by atoms with E-state index in [1.807, 2.05) is 13.0 Å². The lowest BCUT2D eigenvalue weighted by atomic mass is 10.1. The molecular weight excluding hydrogens is 338 g/mol. The first-order valence-corrected chi connectivity index (χ1v) is 9.43. The van der Waals surface area contributed by atoms with Crippen molar-refractivity contribution in [2.75, 3.05) is 10.8 Å². The molecule has 3 aromatic rings. The number of fused-ring (bicyclic) bond motifs is 2. The molecule has 7 heteroatoms. The molecule has 4 rings (SSSR count). The molecular formula is C18H17N3O3S. The maximum atomic E-state index is 13.4. The number of benzene rings is 1. The van der Waals surface area contributed by atoms with E-state index in [9.17, 15) is 13.2 Å². The molecule has 128 valence electrons. The van der Waals surface area contributed by atoms with Gasteiger partial charge >= 0.3 is 0 Å². The van der Waals surface area contributed by atoms with Crippen LogP contribution in [0.2, 0.25) is 0 Å². The van der Waals surface area contributed by atoms with E-state index in [0.29, 0.717) is 29.4 Å². The van der Waals surface area contributed by atoms with Gasteiger partial charge in [-0.1, -0.05) is 6.07 Å². The molecule has 0 spiro atoms. The molecule has 0 atom stereocenters. The van der Waals surface area contributed by atoms with Crippen LogP contribution in [0.25, 0.3) is 10.8 Å². The number of nitrogens with zero attached hydrogens (tertiary/aromatic N) is 2. The zero-order valence-corrected chi connectivity index (χ0v) is 14.7. The van der Waals surface area contributed by atoms with Crippen LogP contribution in [0.1, 0.15) is 16.8 Å². The molecule has 0 aliphatic carbocycles. The minimum Gasteiger partial charge on any atom is -0.328 e. The topological polar surface area (TPSA) is 83.1 Å². The number of hydrogen-bond acceptors (Lipinski definition) is 4. The molecule has 25 heavy (non-hydrogen) atoms. The molecule has 2 aromatic heterocycles. The van der Waals surface area contributed by atoms with Gasteiger partial charge in [0.25, 0.3) is 15.6 Å². The van der Waals surface area contributed by atoms with E-state index in [1.54, 1.807) is 37.5 Å². The highest BCUT2D eigenvalue weighted by molar-refractivity contribution is 7.93. The second-order valence-corrected chi connectivity index (χ2v) is 8.12. The summed E-state index contributed by atoms with van der Waals surface area (Å²) in [7, 11) is -3.79. The lowest BCUT2D eigenvalue weighted by molar-refractivity contribution is 0.593. The quantitative estimate of drug-likeness (QED) is 0.764. The van der Waals surface area contributed by atoms with Crippen molar-refractivity contribution in [3.8, 4) is 0 Å². The van der Waals surface area contributed by atoms with Crippen LogP contribution in [0.5, 0.6) is 0 Å². The van der Waals surface area contributed by atoms with E-state index < -0.39 is 10.0 Å². The van der Waals surface area contributed by atoms with Gasteiger partial charge in [-0.25, -0.2) is 8.42 Å². The summed E-state index contributed by atoms with van der Waals surface area (Å²) in [4.78, 5) is 19.2. The van der Waals surface area contributed by atoms with Crippen molar-refractivity contribution in [2.45, 2.75) is 25.2 Å². The van der Waals surface area contributed by atoms with Gasteiger partial charge in [0.15, 0.2) is 0 Å². The molecule has 0 fully saturated rings. The molecule has 0 radical (unpaired) electrons. The number of pyridine rings is 2. The molecule has 1 aliphatic heterocycles. The number of aryl methyl sites for hydroxylation is 2. The van der Waals surface area contributed by atoms with Gasteiger partial charge in [0.2, 0.25) is 0 Å². The summed E-state index contributed by atoms with van der Waals surface area (Å²) in [5.74, 6) is 0. The van der Waals surface area contributed by atoms with Gasteiger partial charge in [-0.2, -0.15) is 0 Å². The fourth-order valence-corrected chi connectivity index (χ4v) is 5.12. The first kappa shape index (κ1) is 15.8. The molecule has 1 N–H and O–H groups in total. The van der Waals surface area contributed by atoms with Crippen molar-refractivity contribution >= 4 is 26.5 Å². The van der Waals surface area contributed by atoms with E-state index >= 15 is 0 Å². The third kappa shape index (κ3) is 2.34. The molecule has 3 heterocycles. The van der Waals surface area contributed by atoms with Crippen LogP contribution in [-0.2, 0) is 16.4 Å². The Morgan fingerprint density at radius 1 is 1.24 bits per heavy atom. The van der Waals surface area contributed by atoms with Gasteiger partial charge in [0.1, 0.15) is 0 Å². The van der Waals surface area contributed by atoms with Gasteiger partial charge in [-0.15, -0.1) is 0 Å². The van der Waals surface area contributed by atoms with Gasteiger partial charge in [0.05, 0.1) is 16.3 Å². The predicted molar refractivity (Wildman–Crippen MR) is 96.5 cm³/mol. The number of hydrogen-bond donors (Lipinski definition) is 1. The van der Waals surface area contributed by atoms with Gasteiger partial charge < -0.3 is 4.98 Å². The van der Waals surface area contributed by atoms with Crippen molar-refractivity contribution in [2.24, 2.45) is 0 Å².